The molecule has 1 aliphatic heterocycles. The van der Waals surface area contributed by atoms with Crippen LogP contribution in [0.25, 0.3) is 10.2 Å². The summed E-state index contributed by atoms with van der Waals surface area (Å²) in [6.07, 6.45) is 1.84. The first-order chi connectivity index (χ1) is 14.4. The van der Waals surface area contributed by atoms with E-state index in [0.717, 1.165) is 27.4 Å². The van der Waals surface area contributed by atoms with E-state index in [9.17, 15) is 13.2 Å². The van der Waals surface area contributed by atoms with Crippen molar-refractivity contribution < 1.29 is 17.9 Å². The fourth-order valence-corrected chi connectivity index (χ4v) is 5.23. The van der Waals surface area contributed by atoms with Gasteiger partial charge in [0.1, 0.15) is 0 Å². The highest BCUT2D eigenvalue weighted by atomic mass is 32.2. The first kappa shape index (κ1) is 20.9. The fraction of sp³-hybridized carbons (Fsp3) is 0.333. The largest absolute Gasteiger partial charge is 0.376 e. The Morgan fingerprint density at radius 1 is 1.17 bits per heavy atom. The Morgan fingerprint density at radius 2 is 1.90 bits per heavy atom. The minimum atomic E-state index is -3.55. The quantitative estimate of drug-likeness (QED) is 0.581. The Labute approximate surface area is 179 Å². The summed E-state index contributed by atoms with van der Waals surface area (Å²) in [4.78, 5) is 19.8. The summed E-state index contributed by atoms with van der Waals surface area (Å²) in [5.74, 6) is -0.224. The second-order valence-electron chi connectivity index (χ2n) is 7.33. The molecule has 2 heterocycles. The van der Waals surface area contributed by atoms with Gasteiger partial charge in [-0.05, 0) is 49.2 Å². The van der Waals surface area contributed by atoms with Gasteiger partial charge in [-0.1, -0.05) is 23.5 Å². The number of sulfonamides is 1. The Balaban J connectivity index is 1.66. The Hall–Kier alpha value is -2.33. The van der Waals surface area contributed by atoms with E-state index in [0.29, 0.717) is 23.8 Å². The van der Waals surface area contributed by atoms with Crippen LogP contribution >= 0.6 is 11.3 Å². The minimum Gasteiger partial charge on any atom is -0.376 e. The van der Waals surface area contributed by atoms with Gasteiger partial charge in [0.2, 0.25) is 10.0 Å². The van der Waals surface area contributed by atoms with Gasteiger partial charge in [-0.3, -0.25) is 9.69 Å². The maximum atomic E-state index is 13.4. The molecule has 1 aliphatic rings. The minimum absolute atomic E-state index is 0.0330. The number of aromatic nitrogens is 1. The summed E-state index contributed by atoms with van der Waals surface area (Å²) < 4.78 is 32.5. The highest BCUT2D eigenvalue weighted by Gasteiger charge is 2.27. The molecule has 0 bridgehead atoms. The number of rotatable bonds is 6. The summed E-state index contributed by atoms with van der Waals surface area (Å²) in [5, 5.41) is 0.613. The number of hydrogen-bond acceptors (Lipinski definition) is 6. The molecule has 4 rings (SSSR count). The number of carbonyl (C=O) groups is 1. The second-order valence-corrected chi connectivity index (χ2v) is 10.5. The van der Waals surface area contributed by atoms with Gasteiger partial charge in [-0.25, -0.2) is 17.7 Å². The smallest absolute Gasteiger partial charge is 0.260 e. The number of thiazole rings is 1. The summed E-state index contributed by atoms with van der Waals surface area (Å²) in [6.45, 7) is 1.11. The average molecular weight is 446 g/mol. The average Bonchev–Trinajstić information content (AvgIpc) is 3.40. The number of anilines is 1. The van der Waals surface area contributed by atoms with Crippen molar-refractivity contribution in [1.29, 1.82) is 0 Å². The molecule has 0 aliphatic carbocycles. The summed E-state index contributed by atoms with van der Waals surface area (Å²) in [7, 11) is -0.596. The molecule has 0 radical (unpaired) electrons. The Morgan fingerprint density at radius 3 is 2.53 bits per heavy atom. The SMILES string of the molecule is CN(C)S(=O)(=O)c1ccc(C(=O)N(CC2CCCO2)c2nc3ccccc3s2)cc1. The molecule has 1 saturated heterocycles. The number of ether oxygens (including phenoxy) is 1. The number of carbonyl (C=O) groups excluding carboxylic acids is 1. The molecule has 1 aromatic heterocycles. The third kappa shape index (κ3) is 4.11. The van der Waals surface area contributed by atoms with Crippen molar-refractivity contribution in [2.24, 2.45) is 0 Å². The molecule has 9 heteroatoms. The number of fused-ring (bicyclic) bond motifs is 1. The van der Waals surface area contributed by atoms with Gasteiger partial charge >= 0.3 is 0 Å². The maximum Gasteiger partial charge on any atom is 0.260 e. The molecule has 2 aromatic carbocycles. The number of nitrogens with zero attached hydrogens (tertiary/aromatic N) is 3. The van der Waals surface area contributed by atoms with Crippen LogP contribution in [-0.4, -0.2) is 57.0 Å². The zero-order valence-electron chi connectivity index (χ0n) is 16.8. The zero-order valence-corrected chi connectivity index (χ0v) is 18.4. The molecular weight excluding hydrogens is 422 g/mol. The fourth-order valence-electron chi connectivity index (χ4n) is 3.35. The molecular formula is C21H23N3O4S2. The Kier molecular flexibility index (Phi) is 5.88. The monoisotopic (exact) mass is 445 g/mol. The normalized spacial score (nSPS) is 17.0. The first-order valence-corrected chi connectivity index (χ1v) is 11.9. The van der Waals surface area contributed by atoms with Crippen LogP contribution in [0.3, 0.4) is 0 Å². The molecule has 158 valence electrons. The van der Waals surface area contributed by atoms with Gasteiger partial charge in [0.05, 0.1) is 27.8 Å². The van der Waals surface area contributed by atoms with Gasteiger partial charge in [0.15, 0.2) is 5.13 Å². The molecule has 1 unspecified atom stereocenters. The lowest BCUT2D eigenvalue weighted by Crippen LogP contribution is -2.37. The van der Waals surface area contributed by atoms with Gasteiger partial charge in [0.25, 0.3) is 5.91 Å². The molecule has 7 nitrogen and oxygen atoms in total. The van der Waals surface area contributed by atoms with Gasteiger partial charge in [-0.2, -0.15) is 0 Å². The summed E-state index contributed by atoms with van der Waals surface area (Å²) in [6, 6.07) is 13.8. The van der Waals surface area contributed by atoms with Crippen LogP contribution in [0.1, 0.15) is 23.2 Å². The van der Waals surface area contributed by atoms with Crippen LogP contribution in [0.15, 0.2) is 53.4 Å². The standard InChI is InChI=1S/C21H23N3O4S2/c1-23(2)30(26,27)17-11-9-15(10-12-17)20(25)24(14-16-6-5-13-28-16)21-22-18-7-3-4-8-19(18)29-21/h3-4,7-12,16H,5-6,13-14H2,1-2H3. The van der Waals surface area contributed by atoms with E-state index < -0.39 is 10.0 Å². The molecule has 1 atom stereocenters. The van der Waals surface area contributed by atoms with Crippen molar-refractivity contribution in [3.8, 4) is 0 Å². The van der Waals surface area contributed by atoms with Crippen LogP contribution in [0.2, 0.25) is 0 Å². The van der Waals surface area contributed by atoms with Crippen molar-refractivity contribution in [3.05, 3.63) is 54.1 Å². The topological polar surface area (TPSA) is 79.8 Å². The molecule has 0 spiro atoms. The van der Waals surface area contributed by atoms with E-state index in [1.807, 2.05) is 24.3 Å². The van der Waals surface area contributed by atoms with Crippen molar-refractivity contribution in [2.45, 2.75) is 23.8 Å². The predicted molar refractivity (Wildman–Crippen MR) is 118 cm³/mol. The third-order valence-electron chi connectivity index (χ3n) is 5.05. The van der Waals surface area contributed by atoms with E-state index in [1.54, 1.807) is 17.0 Å². The first-order valence-electron chi connectivity index (χ1n) is 9.68. The van der Waals surface area contributed by atoms with Gasteiger partial charge < -0.3 is 4.74 Å². The zero-order chi connectivity index (χ0) is 21.3. The molecule has 30 heavy (non-hydrogen) atoms. The highest BCUT2D eigenvalue weighted by Crippen LogP contribution is 2.31. The van der Waals surface area contributed by atoms with E-state index in [-0.39, 0.29) is 16.9 Å². The van der Waals surface area contributed by atoms with E-state index in [2.05, 4.69) is 4.98 Å². The number of para-hydroxylation sites is 1. The summed E-state index contributed by atoms with van der Waals surface area (Å²) in [5.41, 5.74) is 1.25. The van der Waals surface area contributed by atoms with Crippen LogP contribution in [0.5, 0.6) is 0 Å². The molecule has 1 amide bonds. The van der Waals surface area contributed by atoms with E-state index in [4.69, 9.17) is 4.74 Å². The predicted octanol–water partition coefficient (Wildman–Crippen LogP) is 3.37. The lowest BCUT2D eigenvalue weighted by atomic mass is 10.2. The van der Waals surface area contributed by atoms with Crippen molar-refractivity contribution >= 4 is 42.6 Å². The van der Waals surface area contributed by atoms with Crippen LogP contribution < -0.4 is 4.90 Å². The van der Waals surface area contributed by atoms with Crippen LogP contribution in [-0.2, 0) is 14.8 Å². The van der Waals surface area contributed by atoms with Crippen molar-refractivity contribution in [3.63, 3.8) is 0 Å². The highest BCUT2D eigenvalue weighted by molar-refractivity contribution is 7.89. The van der Waals surface area contributed by atoms with Crippen molar-refractivity contribution in [2.75, 3.05) is 32.1 Å². The molecule has 3 aromatic rings. The number of amides is 1. The van der Waals surface area contributed by atoms with E-state index in [1.165, 1.54) is 37.6 Å². The third-order valence-corrected chi connectivity index (χ3v) is 7.94. The van der Waals surface area contributed by atoms with Gasteiger partial charge in [0, 0.05) is 26.3 Å². The molecule has 0 N–H and O–H groups in total. The number of hydrogen-bond donors (Lipinski definition) is 0. The lowest BCUT2D eigenvalue weighted by Gasteiger charge is -2.23. The lowest BCUT2D eigenvalue weighted by molar-refractivity contribution is 0.0917. The molecule has 1 fully saturated rings. The second kappa shape index (κ2) is 8.43. The molecule has 0 saturated carbocycles. The van der Waals surface area contributed by atoms with Crippen molar-refractivity contribution in [1.82, 2.24) is 9.29 Å². The number of benzene rings is 2. The maximum absolute atomic E-state index is 13.4. The van der Waals surface area contributed by atoms with Crippen LogP contribution in [0, 0.1) is 0 Å². The Bertz CT molecular complexity index is 1120. The van der Waals surface area contributed by atoms with Gasteiger partial charge in [-0.15, -0.1) is 0 Å². The summed E-state index contributed by atoms with van der Waals surface area (Å²) >= 11 is 1.46. The van der Waals surface area contributed by atoms with E-state index >= 15 is 0 Å². The van der Waals surface area contributed by atoms with Crippen LogP contribution in [0.4, 0.5) is 5.13 Å².